The molecule has 0 unspecified atom stereocenters. The number of pyridine rings is 1. The van der Waals surface area contributed by atoms with E-state index in [-0.39, 0.29) is 5.91 Å². The molecule has 7 nitrogen and oxygen atoms in total. The fourth-order valence-electron chi connectivity index (χ4n) is 2.05. The SMILES string of the molecule is CN(CCc1ccncc1)C(=O)c1cc(-c2cccs2)on1.O=C(O)C(F)(F)F. The Balaban J connectivity index is 0.000000370. The first-order valence-electron chi connectivity index (χ1n) is 8.13. The van der Waals surface area contributed by atoms with Gasteiger partial charge in [-0.15, -0.1) is 11.3 Å². The second-order valence-electron chi connectivity index (χ2n) is 5.69. The third-order valence-electron chi connectivity index (χ3n) is 3.57. The van der Waals surface area contributed by atoms with E-state index in [0.29, 0.717) is 18.0 Å². The highest BCUT2D eigenvalue weighted by Crippen LogP contribution is 2.25. The van der Waals surface area contributed by atoms with Crippen LogP contribution in [0, 0.1) is 0 Å². The zero-order valence-electron chi connectivity index (χ0n) is 15.1. The molecular weight excluding hydrogens is 411 g/mol. The van der Waals surface area contributed by atoms with Crippen LogP contribution in [0.25, 0.3) is 10.6 Å². The summed E-state index contributed by atoms with van der Waals surface area (Å²) in [7, 11) is 1.77. The summed E-state index contributed by atoms with van der Waals surface area (Å²) < 4.78 is 37.0. The normalized spacial score (nSPS) is 10.8. The van der Waals surface area contributed by atoms with Gasteiger partial charge in [0.1, 0.15) is 0 Å². The Morgan fingerprint density at radius 1 is 1.24 bits per heavy atom. The van der Waals surface area contributed by atoms with Gasteiger partial charge in [0.15, 0.2) is 11.5 Å². The molecule has 3 aromatic rings. The predicted molar refractivity (Wildman–Crippen MR) is 98.4 cm³/mol. The van der Waals surface area contributed by atoms with Crippen LogP contribution in [0.5, 0.6) is 0 Å². The predicted octanol–water partition coefficient (Wildman–Crippen LogP) is 3.75. The van der Waals surface area contributed by atoms with Crippen molar-refractivity contribution in [3.8, 4) is 10.6 Å². The van der Waals surface area contributed by atoms with E-state index in [4.69, 9.17) is 14.4 Å². The molecule has 0 aromatic carbocycles. The Morgan fingerprint density at radius 2 is 1.90 bits per heavy atom. The summed E-state index contributed by atoms with van der Waals surface area (Å²) in [6, 6.07) is 9.46. The lowest BCUT2D eigenvalue weighted by Gasteiger charge is -2.15. The van der Waals surface area contributed by atoms with Gasteiger partial charge in [0, 0.05) is 32.1 Å². The largest absolute Gasteiger partial charge is 0.490 e. The number of aliphatic carboxylic acids is 1. The number of likely N-dealkylation sites (N-methyl/N-ethyl adjacent to an activating group) is 1. The first-order chi connectivity index (χ1) is 13.7. The van der Waals surface area contributed by atoms with E-state index in [2.05, 4.69) is 10.1 Å². The van der Waals surface area contributed by atoms with E-state index in [9.17, 15) is 18.0 Å². The number of hydrogen-bond donors (Lipinski definition) is 1. The summed E-state index contributed by atoms with van der Waals surface area (Å²) in [5, 5.41) is 13.0. The Kier molecular flexibility index (Phi) is 7.48. The molecule has 29 heavy (non-hydrogen) atoms. The zero-order valence-corrected chi connectivity index (χ0v) is 15.9. The molecule has 0 atom stereocenters. The molecule has 0 aliphatic heterocycles. The van der Waals surface area contributed by atoms with Crippen molar-refractivity contribution in [3.05, 3.63) is 59.4 Å². The van der Waals surface area contributed by atoms with Gasteiger partial charge in [-0.25, -0.2) is 4.79 Å². The van der Waals surface area contributed by atoms with Crippen LogP contribution in [-0.4, -0.2) is 51.8 Å². The number of carbonyl (C=O) groups excluding carboxylic acids is 1. The van der Waals surface area contributed by atoms with Gasteiger partial charge in [0.2, 0.25) is 0 Å². The molecule has 0 fully saturated rings. The molecule has 1 N–H and O–H groups in total. The number of alkyl halides is 3. The molecule has 3 aromatic heterocycles. The quantitative estimate of drug-likeness (QED) is 0.666. The molecule has 0 saturated carbocycles. The van der Waals surface area contributed by atoms with Crippen LogP contribution in [0.2, 0.25) is 0 Å². The number of hydrogen-bond acceptors (Lipinski definition) is 6. The number of rotatable bonds is 5. The fraction of sp³-hybridized carbons (Fsp3) is 0.222. The van der Waals surface area contributed by atoms with Crippen molar-refractivity contribution in [2.24, 2.45) is 0 Å². The standard InChI is InChI=1S/C16H15N3O2S.C2HF3O2/c1-19(9-6-12-4-7-17-8-5-12)16(20)13-11-14(21-18-13)15-3-2-10-22-15;3-2(4,5)1(6)7/h2-5,7-8,10-11H,6,9H2,1H3;(H,6,7). The number of nitrogens with zero attached hydrogens (tertiary/aromatic N) is 3. The first-order valence-corrected chi connectivity index (χ1v) is 9.01. The van der Waals surface area contributed by atoms with E-state index < -0.39 is 12.1 Å². The maximum Gasteiger partial charge on any atom is 0.490 e. The van der Waals surface area contributed by atoms with Crippen molar-refractivity contribution in [2.45, 2.75) is 12.6 Å². The maximum absolute atomic E-state index is 12.3. The molecule has 0 bridgehead atoms. The van der Waals surface area contributed by atoms with Crippen LogP contribution < -0.4 is 0 Å². The van der Waals surface area contributed by atoms with E-state index >= 15 is 0 Å². The average molecular weight is 427 g/mol. The van der Waals surface area contributed by atoms with Gasteiger partial charge in [-0.2, -0.15) is 13.2 Å². The van der Waals surface area contributed by atoms with Gasteiger partial charge in [-0.3, -0.25) is 9.78 Å². The molecule has 0 saturated heterocycles. The van der Waals surface area contributed by atoms with Crippen LogP contribution in [0.1, 0.15) is 16.1 Å². The number of carbonyl (C=O) groups is 2. The summed E-state index contributed by atoms with van der Waals surface area (Å²) in [6.45, 7) is 0.615. The Hall–Kier alpha value is -3.21. The average Bonchev–Trinajstić information content (AvgIpc) is 3.37. The summed E-state index contributed by atoms with van der Waals surface area (Å²) in [5.41, 5.74) is 1.48. The lowest BCUT2D eigenvalue weighted by molar-refractivity contribution is -0.192. The van der Waals surface area contributed by atoms with Gasteiger partial charge in [0.25, 0.3) is 5.91 Å². The number of aromatic nitrogens is 2. The van der Waals surface area contributed by atoms with Gasteiger partial charge in [-0.05, 0) is 35.6 Å². The zero-order chi connectivity index (χ0) is 21.4. The minimum atomic E-state index is -5.08. The van der Waals surface area contributed by atoms with Crippen molar-refractivity contribution in [2.75, 3.05) is 13.6 Å². The smallest absolute Gasteiger partial charge is 0.475 e. The van der Waals surface area contributed by atoms with E-state index in [1.54, 1.807) is 41.7 Å². The first kappa shape index (κ1) is 22.1. The van der Waals surface area contributed by atoms with Crippen LogP contribution in [0.15, 0.2) is 52.6 Å². The minimum absolute atomic E-state index is 0.138. The Bertz CT molecular complexity index is 927. The molecule has 154 valence electrons. The molecule has 0 spiro atoms. The molecule has 0 radical (unpaired) electrons. The summed E-state index contributed by atoms with van der Waals surface area (Å²) in [4.78, 5) is 27.8. The molecule has 3 rings (SSSR count). The lowest BCUT2D eigenvalue weighted by Crippen LogP contribution is -2.29. The van der Waals surface area contributed by atoms with Gasteiger partial charge >= 0.3 is 12.1 Å². The third-order valence-corrected chi connectivity index (χ3v) is 4.45. The van der Waals surface area contributed by atoms with Crippen LogP contribution in [0.3, 0.4) is 0 Å². The van der Waals surface area contributed by atoms with Crippen molar-refractivity contribution in [1.29, 1.82) is 0 Å². The number of thiophene rings is 1. The van der Waals surface area contributed by atoms with Crippen molar-refractivity contribution >= 4 is 23.2 Å². The van der Waals surface area contributed by atoms with Crippen LogP contribution in [-0.2, 0) is 11.2 Å². The minimum Gasteiger partial charge on any atom is -0.475 e. The van der Waals surface area contributed by atoms with Gasteiger partial charge < -0.3 is 14.5 Å². The molecule has 0 aliphatic rings. The second-order valence-corrected chi connectivity index (χ2v) is 6.64. The van der Waals surface area contributed by atoms with Crippen molar-refractivity contribution in [3.63, 3.8) is 0 Å². The highest BCUT2D eigenvalue weighted by atomic mass is 32.1. The van der Waals surface area contributed by atoms with Gasteiger partial charge in [0.05, 0.1) is 4.88 Å². The van der Waals surface area contributed by atoms with Gasteiger partial charge in [-0.1, -0.05) is 11.2 Å². The summed E-state index contributed by atoms with van der Waals surface area (Å²) in [6.07, 6.45) is -0.801. The molecule has 3 heterocycles. The Labute approximate surface area is 167 Å². The van der Waals surface area contributed by atoms with Crippen LogP contribution in [0.4, 0.5) is 13.2 Å². The number of amides is 1. The second kappa shape index (κ2) is 9.82. The number of halogens is 3. The lowest BCUT2D eigenvalue weighted by atomic mass is 10.2. The molecular formula is C18H16F3N3O4S. The van der Waals surface area contributed by atoms with Crippen LogP contribution >= 0.6 is 11.3 Å². The topological polar surface area (TPSA) is 96.5 Å². The van der Waals surface area contributed by atoms with E-state index in [1.807, 2.05) is 29.6 Å². The van der Waals surface area contributed by atoms with E-state index in [1.165, 1.54) is 0 Å². The number of carboxylic acids is 1. The molecule has 1 amide bonds. The maximum atomic E-state index is 12.3. The summed E-state index contributed by atoms with van der Waals surface area (Å²) >= 11 is 1.55. The monoisotopic (exact) mass is 427 g/mol. The third kappa shape index (κ3) is 6.71. The molecule has 0 aliphatic carbocycles. The molecule has 11 heteroatoms. The van der Waals surface area contributed by atoms with E-state index in [0.717, 1.165) is 16.9 Å². The number of carboxylic acid groups (broad SMARTS) is 1. The van der Waals surface area contributed by atoms with Crippen molar-refractivity contribution in [1.82, 2.24) is 15.0 Å². The highest BCUT2D eigenvalue weighted by Gasteiger charge is 2.38. The Morgan fingerprint density at radius 3 is 2.45 bits per heavy atom. The van der Waals surface area contributed by atoms with Crippen molar-refractivity contribution < 1.29 is 32.4 Å². The summed E-state index contributed by atoms with van der Waals surface area (Å²) in [5.74, 6) is -2.27. The fourth-order valence-corrected chi connectivity index (χ4v) is 2.73. The highest BCUT2D eigenvalue weighted by molar-refractivity contribution is 7.13.